The number of sulfonamides is 1. The van der Waals surface area contributed by atoms with Crippen LogP contribution in [0.1, 0.15) is 13.8 Å². The second-order valence-corrected chi connectivity index (χ2v) is 7.07. The van der Waals surface area contributed by atoms with E-state index in [1.54, 1.807) is 0 Å². The monoisotopic (exact) mass is 306 g/mol. The quantitative estimate of drug-likeness (QED) is 0.907. The van der Waals surface area contributed by atoms with Gasteiger partial charge in [-0.15, -0.1) is 0 Å². The van der Waals surface area contributed by atoms with Crippen molar-refractivity contribution >= 4 is 21.6 Å². The molecule has 0 bridgehead atoms. The molecule has 4 nitrogen and oxygen atoms in total. The maximum Gasteiger partial charge on any atom is 0.245 e. The number of rotatable bonds is 2. The van der Waals surface area contributed by atoms with Gasteiger partial charge in [-0.25, -0.2) is 12.8 Å². The van der Waals surface area contributed by atoms with Gasteiger partial charge >= 0.3 is 0 Å². The van der Waals surface area contributed by atoms with Gasteiger partial charge in [0.25, 0.3) is 0 Å². The maximum absolute atomic E-state index is 13.3. The summed E-state index contributed by atoms with van der Waals surface area (Å²) < 4.78 is 39.8. The summed E-state index contributed by atoms with van der Waals surface area (Å²) >= 11 is 5.90. The van der Waals surface area contributed by atoms with Crippen LogP contribution in [-0.4, -0.2) is 37.9 Å². The number of halogens is 2. The molecular weight excluding hydrogens is 291 g/mol. The first-order valence-corrected chi connectivity index (χ1v) is 7.84. The molecule has 0 spiro atoms. The van der Waals surface area contributed by atoms with Crippen molar-refractivity contribution in [1.82, 2.24) is 9.62 Å². The molecule has 1 aliphatic heterocycles. The molecule has 1 N–H and O–H groups in total. The molecule has 0 amide bonds. The summed E-state index contributed by atoms with van der Waals surface area (Å²) in [6.07, 6.45) is 0. The average molecular weight is 307 g/mol. The predicted octanol–water partition coefficient (Wildman–Crippen LogP) is 1.85. The van der Waals surface area contributed by atoms with Crippen molar-refractivity contribution in [3.63, 3.8) is 0 Å². The van der Waals surface area contributed by atoms with E-state index in [9.17, 15) is 12.8 Å². The van der Waals surface area contributed by atoms with Crippen LogP contribution in [0, 0.1) is 5.82 Å². The largest absolute Gasteiger partial charge is 0.311 e. The highest BCUT2D eigenvalue weighted by atomic mass is 35.5. The van der Waals surface area contributed by atoms with Crippen molar-refractivity contribution in [2.75, 3.05) is 13.1 Å². The Morgan fingerprint density at radius 3 is 2.79 bits per heavy atom. The normalized spacial score (nSPS) is 25.5. The first-order valence-electron chi connectivity index (χ1n) is 6.02. The standard InChI is InChI=1S/C12H16ClFN2O2S/c1-8-7-16(9(2)6-15-8)19(17,18)12-5-10(14)3-4-11(12)13/h3-5,8-9,15H,6-7H2,1-2H3. The Labute approximate surface area is 117 Å². The Morgan fingerprint density at radius 2 is 2.11 bits per heavy atom. The highest BCUT2D eigenvalue weighted by Gasteiger charge is 2.34. The summed E-state index contributed by atoms with van der Waals surface area (Å²) in [5.41, 5.74) is 0. The topological polar surface area (TPSA) is 49.4 Å². The molecule has 1 heterocycles. The Balaban J connectivity index is 2.44. The number of nitrogens with one attached hydrogen (secondary N) is 1. The van der Waals surface area contributed by atoms with Gasteiger partial charge in [0, 0.05) is 25.2 Å². The van der Waals surface area contributed by atoms with Gasteiger partial charge in [0.15, 0.2) is 0 Å². The van der Waals surface area contributed by atoms with Crippen molar-refractivity contribution < 1.29 is 12.8 Å². The minimum atomic E-state index is -3.78. The molecule has 19 heavy (non-hydrogen) atoms. The molecule has 2 rings (SSSR count). The lowest BCUT2D eigenvalue weighted by atomic mass is 10.2. The second-order valence-electron chi connectivity index (χ2n) is 4.81. The van der Waals surface area contributed by atoms with Gasteiger partial charge in [0.05, 0.1) is 5.02 Å². The van der Waals surface area contributed by atoms with Crippen molar-refractivity contribution in [2.24, 2.45) is 0 Å². The van der Waals surface area contributed by atoms with E-state index in [0.717, 1.165) is 12.1 Å². The molecule has 0 aliphatic carbocycles. The summed E-state index contributed by atoms with van der Waals surface area (Å²) in [6.45, 7) is 4.62. The molecule has 1 aliphatic rings. The Kier molecular flexibility index (Phi) is 4.15. The molecule has 2 atom stereocenters. The van der Waals surface area contributed by atoms with Crippen LogP contribution >= 0.6 is 11.6 Å². The Hall–Kier alpha value is -0.690. The smallest absolute Gasteiger partial charge is 0.245 e. The summed E-state index contributed by atoms with van der Waals surface area (Å²) in [4.78, 5) is -0.171. The molecule has 7 heteroatoms. The highest BCUT2D eigenvalue weighted by molar-refractivity contribution is 7.89. The maximum atomic E-state index is 13.3. The van der Waals surface area contributed by atoms with Gasteiger partial charge in [-0.05, 0) is 32.0 Å². The molecule has 0 aromatic heterocycles. The minimum Gasteiger partial charge on any atom is -0.311 e. The van der Waals surface area contributed by atoms with E-state index < -0.39 is 15.8 Å². The number of hydrogen-bond donors (Lipinski definition) is 1. The van der Waals surface area contributed by atoms with Crippen LogP contribution in [0.25, 0.3) is 0 Å². The number of nitrogens with zero attached hydrogens (tertiary/aromatic N) is 1. The Bertz CT molecular complexity index is 579. The molecule has 1 aromatic rings. The third-order valence-corrected chi connectivity index (χ3v) is 5.65. The molecule has 1 aromatic carbocycles. The third kappa shape index (κ3) is 2.91. The van der Waals surface area contributed by atoms with Gasteiger partial charge < -0.3 is 5.32 Å². The summed E-state index contributed by atoms with van der Waals surface area (Å²) in [6, 6.07) is 3.24. The molecule has 1 fully saturated rings. The van der Waals surface area contributed by atoms with E-state index in [1.807, 2.05) is 13.8 Å². The van der Waals surface area contributed by atoms with Crippen LogP contribution in [0.3, 0.4) is 0 Å². The Morgan fingerprint density at radius 1 is 1.42 bits per heavy atom. The van der Waals surface area contributed by atoms with Gasteiger partial charge in [-0.3, -0.25) is 0 Å². The number of hydrogen-bond acceptors (Lipinski definition) is 3. The zero-order chi connectivity index (χ0) is 14.2. The van der Waals surface area contributed by atoms with Crippen LogP contribution in [-0.2, 0) is 10.0 Å². The number of piperazine rings is 1. The first-order chi connectivity index (χ1) is 8.82. The zero-order valence-corrected chi connectivity index (χ0v) is 12.3. The molecule has 106 valence electrons. The van der Waals surface area contributed by atoms with Gasteiger partial charge in [-0.1, -0.05) is 11.6 Å². The van der Waals surface area contributed by atoms with Crippen molar-refractivity contribution in [3.8, 4) is 0 Å². The zero-order valence-electron chi connectivity index (χ0n) is 10.7. The van der Waals surface area contributed by atoms with E-state index in [4.69, 9.17) is 11.6 Å². The fourth-order valence-electron chi connectivity index (χ4n) is 2.12. The van der Waals surface area contributed by atoms with Crippen LogP contribution in [0.2, 0.25) is 5.02 Å². The van der Waals surface area contributed by atoms with E-state index in [2.05, 4.69) is 5.32 Å². The van der Waals surface area contributed by atoms with Crippen molar-refractivity contribution in [3.05, 3.63) is 29.0 Å². The third-order valence-electron chi connectivity index (χ3n) is 3.19. The molecule has 1 saturated heterocycles. The highest BCUT2D eigenvalue weighted by Crippen LogP contribution is 2.27. The van der Waals surface area contributed by atoms with Crippen LogP contribution in [0.4, 0.5) is 4.39 Å². The van der Waals surface area contributed by atoms with Crippen LogP contribution < -0.4 is 5.32 Å². The van der Waals surface area contributed by atoms with Gasteiger partial charge in [0.2, 0.25) is 10.0 Å². The van der Waals surface area contributed by atoms with Crippen molar-refractivity contribution in [2.45, 2.75) is 30.8 Å². The van der Waals surface area contributed by atoms with E-state index in [1.165, 1.54) is 10.4 Å². The number of benzene rings is 1. The first kappa shape index (κ1) is 14.7. The lowest BCUT2D eigenvalue weighted by Gasteiger charge is -2.36. The lowest BCUT2D eigenvalue weighted by Crippen LogP contribution is -2.56. The lowest BCUT2D eigenvalue weighted by molar-refractivity contribution is 0.244. The van der Waals surface area contributed by atoms with Gasteiger partial charge in [-0.2, -0.15) is 4.31 Å². The summed E-state index contributed by atoms with van der Waals surface area (Å²) in [5.74, 6) is -0.612. The van der Waals surface area contributed by atoms with Crippen molar-refractivity contribution in [1.29, 1.82) is 0 Å². The summed E-state index contributed by atoms with van der Waals surface area (Å²) in [7, 11) is -3.78. The van der Waals surface area contributed by atoms with E-state index >= 15 is 0 Å². The predicted molar refractivity (Wildman–Crippen MR) is 72.2 cm³/mol. The molecule has 2 unspecified atom stereocenters. The average Bonchev–Trinajstić information content (AvgIpc) is 2.35. The second kappa shape index (κ2) is 5.36. The molecular formula is C12H16ClFN2O2S. The fourth-order valence-corrected chi connectivity index (χ4v) is 4.33. The minimum absolute atomic E-state index is 0.0415. The van der Waals surface area contributed by atoms with E-state index in [-0.39, 0.29) is 22.0 Å². The molecule has 0 radical (unpaired) electrons. The summed E-state index contributed by atoms with van der Waals surface area (Å²) in [5, 5.41) is 3.24. The van der Waals surface area contributed by atoms with Crippen LogP contribution in [0.5, 0.6) is 0 Å². The SMILES string of the molecule is CC1CN(S(=O)(=O)c2cc(F)ccc2Cl)C(C)CN1. The fraction of sp³-hybridized carbons (Fsp3) is 0.500. The van der Waals surface area contributed by atoms with E-state index in [0.29, 0.717) is 13.1 Å². The molecule has 0 saturated carbocycles. The van der Waals surface area contributed by atoms with Gasteiger partial charge in [0.1, 0.15) is 10.7 Å². The van der Waals surface area contributed by atoms with Crippen LogP contribution in [0.15, 0.2) is 23.1 Å².